The van der Waals surface area contributed by atoms with Crippen molar-refractivity contribution in [3.05, 3.63) is 122 Å². The van der Waals surface area contributed by atoms with Gasteiger partial charge in [0.15, 0.2) is 6.10 Å². The van der Waals surface area contributed by atoms with Crippen LogP contribution in [0.2, 0.25) is 0 Å². The van der Waals surface area contributed by atoms with Crippen LogP contribution in [-0.2, 0) is 28.6 Å². The summed E-state index contributed by atoms with van der Waals surface area (Å²) < 4.78 is 16.8. The van der Waals surface area contributed by atoms with Crippen LogP contribution in [0.1, 0.15) is 239 Å². The van der Waals surface area contributed by atoms with E-state index in [4.69, 9.17) is 14.2 Å². The smallest absolute Gasteiger partial charge is 0.306 e. The summed E-state index contributed by atoms with van der Waals surface area (Å²) >= 11 is 0. The Balaban J connectivity index is 4.57. The van der Waals surface area contributed by atoms with Crippen LogP contribution in [0.25, 0.3) is 0 Å². The second-order valence-corrected chi connectivity index (χ2v) is 18.1. The van der Waals surface area contributed by atoms with Gasteiger partial charge in [0.1, 0.15) is 13.2 Å². The lowest BCUT2D eigenvalue weighted by molar-refractivity contribution is -0.167. The molecule has 0 saturated heterocycles. The first kappa shape index (κ1) is 64.8. The zero-order valence-electron chi connectivity index (χ0n) is 44.5. The first-order valence-corrected chi connectivity index (χ1v) is 28.0. The van der Waals surface area contributed by atoms with E-state index < -0.39 is 6.10 Å². The average Bonchev–Trinajstić information content (AvgIpc) is 3.35. The number of carbonyl (C=O) groups is 3. The Bertz CT molecular complexity index is 1470. The summed E-state index contributed by atoms with van der Waals surface area (Å²) in [5.41, 5.74) is 0. The molecule has 69 heavy (non-hydrogen) atoms. The third-order valence-corrected chi connectivity index (χ3v) is 11.4. The topological polar surface area (TPSA) is 78.9 Å². The summed E-state index contributed by atoms with van der Waals surface area (Å²) in [7, 11) is 0. The van der Waals surface area contributed by atoms with Gasteiger partial charge in [0.25, 0.3) is 0 Å². The molecule has 0 aromatic rings. The van der Waals surface area contributed by atoms with Gasteiger partial charge in [-0.2, -0.15) is 0 Å². The van der Waals surface area contributed by atoms with Gasteiger partial charge in [-0.05, 0) is 135 Å². The number of allylic oxidation sites excluding steroid dienone is 20. The Morgan fingerprint density at radius 2 is 0.536 bits per heavy atom. The highest BCUT2D eigenvalue weighted by Crippen LogP contribution is 2.12. The Hall–Kier alpha value is -4.19. The van der Waals surface area contributed by atoms with Crippen LogP contribution in [0.3, 0.4) is 0 Å². The Morgan fingerprint density at radius 1 is 0.290 bits per heavy atom. The van der Waals surface area contributed by atoms with Crippen molar-refractivity contribution >= 4 is 17.9 Å². The van der Waals surface area contributed by atoms with Crippen LogP contribution >= 0.6 is 0 Å². The molecular weight excluding hydrogens is 853 g/mol. The Labute approximate surface area is 424 Å². The first-order chi connectivity index (χ1) is 34.0. The fraction of sp³-hybridized carbons (Fsp3) is 0.635. The predicted octanol–water partition coefficient (Wildman–Crippen LogP) is 18.9. The molecule has 0 N–H and O–H groups in total. The molecule has 0 amide bonds. The van der Waals surface area contributed by atoms with Crippen LogP contribution in [0.15, 0.2) is 122 Å². The highest BCUT2D eigenvalue weighted by atomic mass is 16.6. The van der Waals surface area contributed by atoms with Gasteiger partial charge in [-0.3, -0.25) is 14.4 Å². The average molecular weight is 956 g/mol. The molecule has 0 unspecified atom stereocenters. The van der Waals surface area contributed by atoms with Gasteiger partial charge in [-0.15, -0.1) is 0 Å². The monoisotopic (exact) mass is 955 g/mol. The van der Waals surface area contributed by atoms with Gasteiger partial charge in [-0.25, -0.2) is 0 Å². The van der Waals surface area contributed by atoms with Crippen molar-refractivity contribution in [1.29, 1.82) is 0 Å². The summed E-state index contributed by atoms with van der Waals surface area (Å²) in [5.74, 6) is -1.02. The van der Waals surface area contributed by atoms with Crippen LogP contribution in [0.5, 0.6) is 0 Å². The number of hydrogen-bond acceptors (Lipinski definition) is 6. The maximum atomic E-state index is 12.8. The number of ether oxygens (including phenoxy) is 3. The molecular formula is C63H102O6. The van der Waals surface area contributed by atoms with Crippen LogP contribution in [0, 0.1) is 0 Å². The van der Waals surface area contributed by atoms with Crippen molar-refractivity contribution in [3.8, 4) is 0 Å². The molecule has 0 aromatic heterocycles. The molecule has 0 heterocycles. The van der Waals surface area contributed by atoms with E-state index in [9.17, 15) is 14.4 Å². The van der Waals surface area contributed by atoms with E-state index in [0.717, 1.165) is 116 Å². The van der Waals surface area contributed by atoms with Crippen molar-refractivity contribution in [2.45, 2.75) is 245 Å². The third-order valence-electron chi connectivity index (χ3n) is 11.4. The quantitative estimate of drug-likeness (QED) is 0.0262. The van der Waals surface area contributed by atoms with Gasteiger partial charge < -0.3 is 14.2 Å². The second kappa shape index (κ2) is 56.4. The van der Waals surface area contributed by atoms with E-state index in [0.29, 0.717) is 12.8 Å². The summed E-state index contributed by atoms with van der Waals surface area (Å²) in [4.78, 5) is 38.1. The molecule has 6 nitrogen and oxygen atoms in total. The predicted molar refractivity (Wildman–Crippen MR) is 297 cm³/mol. The molecule has 6 heteroatoms. The van der Waals surface area contributed by atoms with Gasteiger partial charge >= 0.3 is 17.9 Å². The molecule has 0 rings (SSSR count). The van der Waals surface area contributed by atoms with Gasteiger partial charge in [0.05, 0.1) is 0 Å². The van der Waals surface area contributed by atoms with Gasteiger partial charge in [0.2, 0.25) is 0 Å². The van der Waals surface area contributed by atoms with Crippen LogP contribution in [0.4, 0.5) is 0 Å². The lowest BCUT2D eigenvalue weighted by atomic mass is 10.1. The first-order valence-electron chi connectivity index (χ1n) is 28.0. The number of hydrogen-bond donors (Lipinski definition) is 0. The van der Waals surface area contributed by atoms with E-state index in [1.165, 1.54) is 77.0 Å². The number of esters is 3. The molecule has 0 aliphatic carbocycles. The summed E-state index contributed by atoms with van der Waals surface area (Å²) in [6.45, 7) is 6.46. The zero-order chi connectivity index (χ0) is 50.0. The van der Waals surface area contributed by atoms with Gasteiger partial charge in [-0.1, -0.05) is 206 Å². The summed E-state index contributed by atoms with van der Waals surface area (Å²) in [6.07, 6.45) is 77.5. The maximum Gasteiger partial charge on any atom is 0.306 e. The van der Waals surface area contributed by atoms with E-state index in [1.54, 1.807) is 0 Å². The number of carbonyl (C=O) groups excluding carboxylic acids is 3. The van der Waals surface area contributed by atoms with Gasteiger partial charge in [0, 0.05) is 19.3 Å². The minimum atomic E-state index is -0.825. The summed E-state index contributed by atoms with van der Waals surface area (Å²) in [6, 6.07) is 0. The molecule has 0 spiro atoms. The lowest BCUT2D eigenvalue weighted by Crippen LogP contribution is -2.30. The molecule has 0 aliphatic heterocycles. The third kappa shape index (κ3) is 54.6. The van der Waals surface area contributed by atoms with Crippen LogP contribution < -0.4 is 0 Å². The Kier molecular flexibility index (Phi) is 53.0. The SMILES string of the molecule is CCCCC/C=C\C/C=C\C/C=C\C/C=C\CCCCCC(=O)OC[C@H](COC(=O)CCC/C=C\C/C=C\C/C=C\C/C=C\CCCCC)OC(=O)CCCCCCC/C=C\C/C=C\CCCCC. The Morgan fingerprint density at radius 3 is 0.884 bits per heavy atom. The van der Waals surface area contributed by atoms with Crippen LogP contribution in [-0.4, -0.2) is 37.2 Å². The van der Waals surface area contributed by atoms with E-state index in [2.05, 4.69) is 142 Å². The fourth-order valence-electron chi connectivity index (χ4n) is 7.15. The van der Waals surface area contributed by atoms with E-state index in [1.807, 2.05) is 0 Å². The molecule has 0 saturated carbocycles. The minimum Gasteiger partial charge on any atom is -0.462 e. The molecule has 0 bridgehead atoms. The minimum absolute atomic E-state index is 0.121. The number of rotatable bonds is 49. The standard InChI is InChI=1S/C63H102O6/c1-4-7-10-13-16-19-22-25-28-30-31-33-36-38-41-44-47-50-53-56-62(65)68-59-60(69-63(66)57-54-51-48-45-42-39-34-27-24-21-18-15-12-9-6-3)58-67-61(64)55-52-49-46-43-40-37-35-32-29-26-23-20-17-14-11-8-5-2/h16-21,25-29,31,33-35,37-38,41,43,46,60H,4-15,22-24,30,32,36,39-40,42,44-45,47-59H2,1-3H3/b19-16-,20-17-,21-18-,28-25-,29-26-,33-31-,34-27-,37-35-,41-38-,46-43-/t60-/m0/s1. The largest absolute Gasteiger partial charge is 0.462 e. The normalized spacial score (nSPS) is 13.0. The second-order valence-electron chi connectivity index (χ2n) is 18.1. The molecule has 1 atom stereocenters. The number of unbranched alkanes of at least 4 members (excludes halogenated alkanes) is 18. The van der Waals surface area contributed by atoms with Crippen molar-refractivity contribution in [2.24, 2.45) is 0 Å². The van der Waals surface area contributed by atoms with E-state index >= 15 is 0 Å². The van der Waals surface area contributed by atoms with Crippen molar-refractivity contribution in [3.63, 3.8) is 0 Å². The molecule has 0 fully saturated rings. The van der Waals surface area contributed by atoms with Crippen molar-refractivity contribution in [2.75, 3.05) is 13.2 Å². The molecule has 0 radical (unpaired) electrons. The molecule has 390 valence electrons. The van der Waals surface area contributed by atoms with Crippen molar-refractivity contribution < 1.29 is 28.6 Å². The highest BCUT2D eigenvalue weighted by molar-refractivity contribution is 5.71. The fourth-order valence-corrected chi connectivity index (χ4v) is 7.15. The maximum absolute atomic E-state index is 12.8. The van der Waals surface area contributed by atoms with Crippen molar-refractivity contribution in [1.82, 2.24) is 0 Å². The van der Waals surface area contributed by atoms with E-state index in [-0.39, 0.29) is 44.0 Å². The molecule has 0 aromatic carbocycles. The highest BCUT2D eigenvalue weighted by Gasteiger charge is 2.19. The lowest BCUT2D eigenvalue weighted by Gasteiger charge is -2.18. The molecule has 0 aliphatic rings. The zero-order valence-corrected chi connectivity index (χ0v) is 44.5. The summed E-state index contributed by atoms with van der Waals surface area (Å²) in [5, 5.41) is 0.